The highest BCUT2D eigenvalue weighted by Crippen LogP contribution is 2.32. The van der Waals surface area contributed by atoms with Crippen LogP contribution in [0.3, 0.4) is 0 Å². The Balaban J connectivity index is 1.35. The summed E-state index contributed by atoms with van der Waals surface area (Å²) in [5.41, 5.74) is 0.684. The summed E-state index contributed by atoms with van der Waals surface area (Å²) in [6.07, 6.45) is -0.728. The number of hydrogen-bond donors (Lipinski definition) is 2. The number of benzene rings is 2. The third-order valence-corrected chi connectivity index (χ3v) is 6.39. The van der Waals surface area contributed by atoms with Gasteiger partial charge in [0.1, 0.15) is 5.82 Å². The van der Waals surface area contributed by atoms with Crippen molar-refractivity contribution in [1.29, 1.82) is 0 Å². The molecule has 0 saturated heterocycles. The highest BCUT2D eigenvalue weighted by molar-refractivity contribution is 6.31. The van der Waals surface area contributed by atoms with Crippen LogP contribution in [0.4, 0.5) is 24.9 Å². The molecular weight excluding hydrogens is 451 g/mol. The molecule has 9 heteroatoms. The van der Waals surface area contributed by atoms with E-state index in [0.29, 0.717) is 23.1 Å². The van der Waals surface area contributed by atoms with Gasteiger partial charge in [0.2, 0.25) is 5.95 Å². The lowest BCUT2D eigenvalue weighted by Crippen LogP contribution is -2.37. The fraction of sp³-hybridized carbons (Fsp3) is 0.417. The Morgan fingerprint density at radius 3 is 2.39 bits per heavy atom. The number of alkyl halides is 3. The van der Waals surface area contributed by atoms with E-state index >= 15 is 0 Å². The molecule has 2 aromatic carbocycles. The number of para-hydroxylation sites is 1. The zero-order valence-electron chi connectivity index (χ0n) is 18.6. The lowest BCUT2D eigenvalue weighted by Gasteiger charge is -2.30. The van der Waals surface area contributed by atoms with Gasteiger partial charge in [0.05, 0.1) is 11.1 Å². The van der Waals surface area contributed by atoms with E-state index in [2.05, 4.69) is 15.6 Å². The number of anilines is 2. The van der Waals surface area contributed by atoms with E-state index in [1.807, 2.05) is 43.3 Å². The van der Waals surface area contributed by atoms with Crippen molar-refractivity contribution in [3.8, 4) is 0 Å². The molecule has 4 rings (SSSR count). The molecular formula is C24H27ClF3N5. The van der Waals surface area contributed by atoms with Crippen molar-refractivity contribution in [3.05, 3.63) is 58.6 Å². The third-order valence-electron chi connectivity index (χ3n) is 6.02. The standard InChI is InChI=1S/C24H27ClF3N5/c1-33(2)22-19-5-3-4-6-21(19)31-23(32-22)30-18-10-8-17(9-11-18)29-14-15-13-16(24(26,27)28)7-12-20(15)25/h3-7,12-13,17-18,29H,8-11,14H2,1-2H3,(H,30,31,32). The Hall–Kier alpha value is -2.58. The average Bonchev–Trinajstić information content (AvgIpc) is 2.78. The molecule has 176 valence electrons. The van der Waals surface area contributed by atoms with Gasteiger partial charge < -0.3 is 15.5 Å². The summed E-state index contributed by atoms with van der Waals surface area (Å²) in [5.74, 6) is 1.49. The van der Waals surface area contributed by atoms with Gasteiger partial charge in [0, 0.05) is 43.1 Å². The second-order valence-corrected chi connectivity index (χ2v) is 9.07. The average molecular weight is 478 g/mol. The molecule has 0 amide bonds. The molecule has 1 aliphatic carbocycles. The molecule has 0 radical (unpaired) electrons. The van der Waals surface area contributed by atoms with Crippen molar-refractivity contribution < 1.29 is 13.2 Å². The highest BCUT2D eigenvalue weighted by Gasteiger charge is 2.31. The van der Waals surface area contributed by atoms with E-state index in [0.717, 1.165) is 54.5 Å². The second kappa shape index (κ2) is 9.73. The number of nitrogens with one attached hydrogen (secondary N) is 2. The third kappa shape index (κ3) is 5.68. The first-order valence-corrected chi connectivity index (χ1v) is 11.4. The first kappa shape index (κ1) is 23.6. The molecule has 3 aromatic rings. The van der Waals surface area contributed by atoms with Crippen LogP contribution in [-0.4, -0.2) is 36.1 Å². The number of hydrogen-bond acceptors (Lipinski definition) is 5. The van der Waals surface area contributed by atoms with Crippen molar-refractivity contribution in [2.45, 2.75) is 50.5 Å². The zero-order valence-corrected chi connectivity index (χ0v) is 19.3. The van der Waals surface area contributed by atoms with Crippen molar-refractivity contribution in [1.82, 2.24) is 15.3 Å². The van der Waals surface area contributed by atoms with Gasteiger partial charge in [0.25, 0.3) is 0 Å². The first-order valence-electron chi connectivity index (χ1n) is 11.0. The lowest BCUT2D eigenvalue weighted by atomic mass is 9.91. The van der Waals surface area contributed by atoms with Gasteiger partial charge in [0.15, 0.2) is 0 Å². The monoisotopic (exact) mass is 477 g/mol. The maximum Gasteiger partial charge on any atom is 0.416 e. The fourth-order valence-corrected chi connectivity index (χ4v) is 4.41. The van der Waals surface area contributed by atoms with Crippen LogP contribution in [0.2, 0.25) is 5.02 Å². The van der Waals surface area contributed by atoms with Gasteiger partial charge in [-0.3, -0.25) is 0 Å². The quantitative estimate of drug-likeness (QED) is 0.464. The van der Waals surface area contributed by atoms with Crippen molar-refractivity contribution in [3.63, 3.8) is 0 Å². The minimum Gasteiger partial charge on any atom is -0.362 e. The predicted molar refractivity (Wildman–Crippen MR) is 127 cm³/mol. The van der Waals surface area contributed by atoms with Crippen LogP contribution in [0.25, 0.3) is 10.9 Å². The molecule has 1 aromatic heterocycles. The Morgan fingerprint density at radius 1 is 1.00 bits per heavy atom. The molecule has 33 heavy (non-hydrogen) atoms. The van der Waals surface area contributed by atoms with Gasteiger partial charge in [-0.1, -0.05) is 23.7 Å². The number of rotatable bonds is 6. The second-order valence-electron chi connectivity index (χ2n) is 8.66. The van der Waals surface area contributed by atoms with Crippen molar-refractivity contribution >= 4 is 34.3 Å². The number of halogens is 4. The molecule has 0 unspecified atom stereocenters. The maximum atomic E-state index is 13.0. The van der Waals surface area contributed by atoms with E-state index in [1.165, 1.54) is 6.07 Å². The minimum absolute atomic E-state index is 0.225. The Morgan fingerprint density at radius 2 is 1.70 bits per heavy atom. The largest absolute Gasteiger partial charge is 0.416 e. The predicted octanol–water partition coefficient (Wildman–Crippen LogP) is 5.88. The molecule has 1 fully saturated rings. The van der Waals surface area contributed by atoms with Crippen molar-refractivity contribution in [2.24, 2.45) is 0 Å². The van der Waals surface area contributed by atoms with Crippen LogP contribution < -0.4 is 15.5 Å². The smallest absolute Gasteiger partial charge is 0.362 e. The van der Waals surface area contributed by atoms with Crippen LogP contribution >= 0.6 is 11.6 Å². The van der Waals surface area contributed by atoms with Crippen LogP contribution in [0, 0.1) is 0 Å². The molecule has 0 atom stereocenters. The minimum atomic E-state index is -4.37. The summed E-state index contributed by atoms with van der Waals surface area (Å²) in [5, 5.41) is 8.20. The number of fused-ring (bicyclic) bond motifs is 1. The van der Waals surface area contributed by atoms with Crippen LogP contribution in [0.15, 0.2) is 42.5 Å². The Labute approximate surface area is 196 Å². The van der Waals surface area contributed by atoms with Crippen LogP contribution in [0.5, 0.6) is 0 Å². The molecule has 1 heterocycles. The fourth-order valence-electron chi connectivity index (χ4n) is 4.23. The lowest BCUT2D eigenvalue weighted by molar-refractivity contribution is -0.137. The van der Waals surface area contributed by atoms with Gasteiger partial charge in [-0.25, -0.2) is 4.98 Å². The van der Waals surface area contributed by atoms with Gasteiger partial charge in [-0.2, -0.15) is 18.2 Å². The first-order chi connectivity index (χ1) is 15.7. The summed E-state index contributed by atoms with van der Waals surface area (Å²) in [6.45, 7) is 0.311. The van der Waals surface area contributed by atoms with Crippen molar-refractivity contribution in [2.75, 3.05) is 24.3 Å². The number of aromatic nitrogens is 2. The van der Waals surface area contributed by atoms with E-state index in [4.69, 9.17) is 16.6 Å². The number of nitrogens with zero attached hydrogens (tertiary/aromatic N) is 3. The van der Waals surface area contributed by atoms with Gasteiger partial charge >= 0.3 is 6.18 Å². The van der Waals surface area contributed by atoms with Gasteiger partial charge in [-0.05, 0) is 61.6 Å². The van der Waals surface area contributed by atoms with E-state index in [-0.39, 0.29) is 12.1 Å². The topological polar surface area (TPSA) is 53.1 Å². The molecule has 0 spiro atoms. The molecule has 1 aliphatic rings. The molecule has 0 aliphatic heterocycles. The summed E-state index contributed by atoms with van der Waals surface area (Å²) < 4.78 is 39.0. The normalized spacial score (nSPS) is 19.0. The summed E-state index contributed by atoms with van der Waals surface area (Å²) in [6, 6.07) is 11.9. The molecule has 5 nitrogen and oxygen atoms in total. The van der Waals surface area contributed by atoms with E-state index in [1.54, 1.807) is 0 Å². The summed E-state index contributed by atoms with van der Waals surface area (Å²) >= 11 is 6.12. The van der Waals surface area contributed by atoms with E-state index in [9.17, 15) is 13.2 Å². The SMILES string of the molecule is CN(C)c1nc(NC2CCC(NCc3cc(C(F)(F)F)ccc3Cl)CC2)nc2ccccc12. The summed E-state index contributed by atoms with van der Waals surface area (Å²) in [7, 11) is 3.93. The zero-order chi connectivity index (χ0) is 23.6. The summed E-state index contributed by atoms with van der Waals surface area (Å²) in [4.78, 5) is 11.4. The molecule has 0 bridgehead atoms. The van der Waals surface area contributed by atoms with E-state index < -0.39 is 11.7 Å². The molecule has 1 saturated carbocycles. The maximum absolute atomic E-state index is 13.0. The van der Waals surface area contributed by atoms with Crippen LogP contribution in [0.1, 0.15) is 36.8 Å². The molecule has 2 N–H and O–H groups in total. The van der Waals surface area contributed by atoms with Crippen LogP contribution in [-0.2, 0) is 12.7 Å². The Kier molecular flexibility index (Phi) is 6.95. The van der Waals surface area contributed by atoms with Gasteiger partial charge in [-0.15, -0.1) is 0 Å². The Bertz CT molecular complexity index is 1110. The highest BCUT2D eigenvalue weighted by atomic mass is 35.5.